The molecule has 23 heavy (non-hydrogen) atoms. The van der Waals surface area contributed by atoms with E-state index in [-0.39, 0.29) is 0 Å². The molecule has 0 aliphatic carbocycles. The van der Waals surface area contributed by atoms with Gasteiger partial charge >= 0.3 is 0 Å². The Bertz CT molecular complexity index is 931. The van der Waals surface area contributed by atoms with Crippen LogP contribution in [0.5, 0.6) is 0 Å². The van der Waals surface area contributed by atoms with E-state index in [9.17, 15) is 8.42 Å². The van der Waals surface area contributed by atoms with Gasteiger partial charge in [-0.15, -0.1) is 11.3 Å². The van der Waals surface area contributed by atoms with Crippen LogP contribution in [0.15, 0.2) is 53.3 Å². The minimum absolute atomic E-state index is 0.353. The maximum Gasteiger partial charge on any atom is 0.252 e. The molecule has 0 N–H and O–H groups in total. The Kier molecular flexibility index (Phi) is 3.51. The van der Waals surface area contributed by atoms with Gasteiger partial charge in [0, 0.05) is 25.5 Å². The largest absolute Gasteiger partial charge is 0.332 e. The van der Waals surface area contributed by atoms with Gasteiger partial charge in [0.15, 0.2) is 0 Å². The second-order valence-corrected chi connectivity index (χ2v) is 8.50. The van der Waals surface area contributed by atoms with E-state index in [1.165, 1.54) is 15.6 Å². The van der Waals surface area contributed by atoms with Gasteiger partial charge in [0.25, 0.3) is 10.0 Å². The second kappa shape index (κ2) is 5.55. The van der Waals surface area contributed by atoms with Crippen LogP contribution in [0.25, 0.3) is 10.6 Å². The van der Waals surface area contributed by atoms with E-state index in [2.05, 4.69) is 9.97 Å². The molecule has 0 saturated carbocycles. The standard InChI is InChI=1S/C15H14N4O2S2/c20-23(21,19-8-7-18-11-16-9-12(18)10-19)15-5-4-14(22-15)13-3-1-2-6-17-13/h1-6,9,11H,7-8,10H2. The van der Waals surface area contributed by atoms with Gasteiger partial charge in [-0.05, 0) is 24.3 Å². The van der Waals surface area contributed by atoms with Gasteiger partial charge in [0.1, 0.15) is 4.21 Å². The second-order valence-electron chi connectivity index (χ2n) is 5.25. The van der Waals surface area contributed by atoms with Crippen molar-refractivity contribution in [2.45, 2.75) is 17.3 Å². The van der Waals surface area contributed by atoms with Crippen molar-refractivity contribution in [1.82, 2.24) is 18.8 Å². The molecule has 1 aliphatic heterocycles. The third-order valence-corrected chi connectivity index (χ3v) is 7.24. The van der Waals surface area contributed by atoms with Crippen LogP contribution in [0, 0.1) is 0 Å². The van der Waals surface area contributed by atoms with Crippen molar-refractivity contribution in [3.63, 3.8) is 0 Å². The highest BCUT2D eigenvalue weighted by Gasteiger charge is 2.29. The fourth-order valence-corrected chi connectivity index (χ4v) is 5.44. The molecular formula is C15H14N4O2S2. The van der Waals surface area contributed by atoms with Crippen molar-refractivity contribution >= 4 is 21.4 Å². The lowest BCUT2D eigenvalue weighted by Crippen LogP contribution is -2.37. The molecule has 118 valence electrons. The molecular weight excluding hydrogens is 332 g/mol. The van der Waals surface area contributed by atoms with E-state index in [4.69, 9.17) is 0 Å². The van der Waals surface area contributed by atoms with Crippen molar-refractivity contribution in [3.05, 3.63) is 54.7 Å². The van der Waals surface area contributed by atoms with Gasteiger partial charge in [-0.2, -0.15) is 4.31 Å². The van der Waals surface area contributed by atoms with Crippen LogP contribution in [0.4, 0.5) is 0 Å². The molecule has 0 atom stereocenters. The Morgan fingerprint density at radius 1 is 1.13 bits per heavy atom. The maximum atomic E-state index is 12.8. The van der Waals surface area contributed by atoms with Crippen molar-refractivity contribution in [2.75, 3.05) is 6.54 Å². The van der Waals surface area contributed by atoms with E-state index in [0.29, 0.717) is 23.8 Å². The zero-order chi connectivity index (χ0) is 15.9. The predicted octanol–water partition coefficient (Wildman–Crippen LogP) is 2.21. The van der Waals surface area contributed by atoms with Gasteiger partial charge < -0.3 is 4.57 Å². The molecule has 0 unspecified atom stereocenters. The molecule has 4 rings (SSSR count). The van der Waals surface area contributed by atoms with Crippen molar-refractivity contribution in [3.8, 4) is 10.6 Å². The molecule has 0 amide bonds. The SMILES string of the molecule is O=S(=O)(c1ccc(-c2ccccn2)s1)N1CCn2cncc2C1. The van der Waals surface area contributed by atoms with Gasteiger partial charge in [-0.3, -0.25) is 4.98 Å². The molecule has 3 aromatic heterocycles. The molecule has 0 fully saturated rings. The number of rotatable bonds is 3. The first-order chi connectivity index (χ1) is 11.1. The number of hydrogen-bond acceptors (Lipinski definition) is 5. The number of imidazole rings is 1. The summed E-state index contributed by atoms with van der Waals surface area (Å²) in [7, 11) is -3.49. The Labute approximate surface area is 138 Å². The highest BCUT2D eigenvalue weighted by atomic mass is 32.2. The van der Waals surface area contributed by atoms with Crippen LogP contribution in [-0.4, -0.2) is 33.8 Å². The minimum Gasteiger partial charge on any atom is -0.332 e. The molecule has 0 bridgehead atoms. The number of aromatic nitrogens is 3. The molecule has 0 spiro atoms. The van der Waals surface area contributed by atoms with E-state index >= 15 is 0 Å². The first kappa shape index (κ1) is 14.6. The fourth-order valence-electron chi connectivity index (χ4n) is 2.60. The molecule has 0 saturated heterocycles. The van der Waals surface area contributed by atoms with Crippen LogP contribution >= 0.6 is 11.3 Å². The Morgan fingerprint density at radius 3 is 2.87 bits per heavy atom. The summed E-state index contributed by atoms with van der Waals surface area (Å²) in [6.45, 7) is 1.45. The summed E-state index contributed by atoms with van der Waals surface area (Å²) >= 11 is 1.26. The number of thiophene rings is 1. The highest BCUT2D eigenvalue weighted by molar-refractivity contribution is 7.91. The van der Waals surface area contributed by atoms with Crippen molar-refractivity contribution in [2.24, 2.45) is 0 Å². The first-order valence-corrected chi connectivity index (χ1v) is 9.41. The van der Waals surface area contributed by atoms with Crippen LogP contribution in [-0.2, 0) is 23.1 Å². The summed E-state index contributed by atoms with van der Waals surface area (Å²) in [6, 6.07) is 9.08. The summed E-state index contributed by atoms with van der Waals surface area (Å²) in [5, 5.41) is 0. The quantitative estimate of drug-likeness (QED) is 0.729. The average molecular weight is 346 g/mol. The lowest BCUT2D eigenvalue weighted by Gasteiger charge is -2.26. The van der Waals surface area contributed by atoms with Crippen LogP contribution < -0.4 is 0 Å². The van der Waals surface area contributed by atoms with E-state index in [0.717, 1.165) is 16.3 Å². The molecule has 0 aromatic carbocycles. The summed E-state index contributed by atoms with van der Waals surface area (Å²) < 4.78 is 29.6. The molecule has 1 aliphatic rings. The summed E-state index contributed by atoms with van der Waals surface area (Å²) in [5.74, 6) is 0. The first-order valence-electron chi connectivity index (χ1n) is 7.15. The number of sulfonamides is 1. The van der Waals surface area contributed by atoms with Gasteiger partial charge in [-0.25, -0.2) is 13.4 Å². The minimum atomic E-state index is -3.49. The Hall–Kier alpha value is -2.03. The Balaban J connectivity index is 1.64. The molecule has 4 heterocycles. The summed E-state index contributed by atoms with van der Waals surface area (Å²) in [6.07, 6.45) is 5.16. The zero-order valence-corrected chi connectivity index (χ0v) is 13.8. The molecule has 6 nitrogen and oxygen atoms in total. The van der Waals surface area contributed by atoms with Crippen molar-refractivity contribution in [1.29, 1.82) is 0 Å². The van der Waals surface area contributed by atoms with Gasteiger partial charge in [0.05, 0.1) is 29.1 Å². The zero-order valence-electron chi connectivity index (χ0n) is 12.2. The number of fused-ring (bicyclic) bond motifs is 1. The van der Waals surface area contributed by atoms with E-state index in [1.807, 2.05) is 28.8 Å². The van der Waals surface area contributed by atoms with E-state index in [1.54, 1.807) is 24.8 Å². The maximum absolute atomic E-state index is 12.8. The third-order valence-electron chi connectivity index (χ3n) is 3.82. The third kappa shape index (κ3) is 2.58. The van der Waals surface area contributed by atoms with Gasteiger partial charge in [-0.1, -0.05) is 6.07 Å². The van der Waals surface area contributed by atoms with Gasteiger partial charge in [0.2, 0.25) is 0 Å². The topological polar surface area (TPSA) is 68.1 Å². The molecule has 0 radical (unpaired) electrons. The van der Waals surface area contributed by atoms with Crippen LogP contribution in [0.2, 0.25) is 0 Å². The number of hydrogen-bond donors (Lipinski definition) is 0. The molecule has 3 aromatic rings. The fraction of sp³-hybridized carbons (Fsp3) is 0.200. The van der Waals surface area contributed by atoms with Crippen LogP contribution in [0.1, 0.15) is 5.69 Å². The number of nitrogens with zero attached hydrogens (tertiary/aromatic N) is 4. The monoisotopic (exact) mass is 346 g/mol. The highest BCUT2D eigenvalue weighted by Crippen LogP contribution is 2.32. The molecule has 8 heteroatoms. The predicted molar refractivity (Wildman–Crippen MR) is 87.4 cm³/mol. The van der Waals surface area contributed by atoms with Crippen LogP contribution in [0.3, 0.4) is 0 Å². The Morgan fingerprint density at radius 2 is 2.04 bits per heavy atom. The average Bonchev–Trinajstić information content (AvgIpc) is 3.24. The van der Waals surface area contributed by atoms with Crippen molar-refractivity contribution < 1.29 is 8.42 Å². The number of pyridine rings is 1. The lowest BCUT2D eigenvalue weighted by molar-refractivity contribution is 0.342. The normalized spacial score (nSPS) is 15.5. The summed E-state index contributed by atoms with van der Waals surface area (Å²) in [5.41, 5.74) is 1.71. The lowest BCUT2D eigenvalue weighted by atomic mass is 10.3. The summed E-state index contributed by atoms with van der Waals surface area (Å²) in [4.78, 5) is 9.20. The smallest absolute Gasteiger partial charge is 0.252 e. The van der Waals surface area contributed by atoms with E-state index < -0.39 is 10.0 Å².